The lowest BCUT2D eigenvalue weighted by atomic mass is 10.1. The highest BCUT2D eigenvalue weighted by atomic mass is 32.1. The fraction of sp³-hybridized carbons (Fsp3) is 0.200. The molecule has 0 unspecified atom stereocenters. The predicted molar refractivity (Wildman–Crippen MR) is 109 cm³/mol. The highest BCUT2D eigenvalue weighted by Gasteiger charge is 2.21. The zero-order valence-corrected chi connectivity index (χ0v) is 15.9. The van der Waals surface area contributed by atoms with Crippen molar-refractivity contribution < 1.29 is 4.79 Å². The van der Waals surface area contributed by atoms with Gasteiger partial charge in [0.25, 0.3) is 5.91 Å². The number of thiophene rings is 1. The zero-order valence-electron chi connectivity index (χ0n) is 14.2. The molecule has 3 heterocycles. The fourth-order valence-corrected chi connectivity index (χ4v) is 4.59. The van der Waals surface area contributed by atoms with Gasteiger partial charge in [0.15, 0.2) is 5.13 Å². The zero-order chi connectivity index (χ0) is 17.8. The van der Waals surface area contributed by atoms with Crippen LogP contribution in [-0.4, -0.2) is 28.9 Å². The van der Waals surface area contributed by atoms with Crippen LogP contribution in [0.5, 0.6) is 0 Å². The van der Waals surface area contributed by atoms with E-state index in [1.807, 2.05) is 23.6 Å². The summed E-state index contributed by atoms with van der Waals surface area (Å²) < 4.78 is 0. The number of rotatable bonds is 5. The lowest BCUT2D eigenvalue weighted by Gasteiger charge is -2.24. The van der Waals surface area contributed by atoms with E-state index < -0.39 is 0 Å². The van der Waals surface area contributed by atoms with Crippen LogP contribution in [0.3, 0.4) is 0 Å². The number of nitrogens with one attached hydrogen (secondary N) is 1. The molecule has 1 N–H and O–H groups in total. The van der Waals surface area contributed by atoms with Crippen molar-refractivity contribution in [3.05, 3.63) is 74.9 Å². The Morgan fingerprint density at radius 3 is 2.92 bits per heavy atom. The van der Waals surface area contributed by atoms with Gasteiger partial charge in [0.05, 0.1) is 10.6 Å². The highest BCUT2D eigenvalue weighted by Crippen LogP contribution is 2.28. The molecule has 0 spiro atoms. The van der Waals surface area contributed by atoms with E-state index >= 15 is 0 Å². The molecule has 0 fully saturated rings. The van der Waals surface area contributed by atoms with Crippen molar-refractivity contribution in [2.75, 3.05) is 18.4 Å². The van der Waals surface area contributed by atoms with Crippen LogP contribution in [0.2, 0.25) is 0 Å². The highest BCUT2D eigenvalue weighted by molar-refractivity contribution is 7.16. The lowest BCUT2D eigenvalue weighted by molar-refractivity contribution is 0.103. The Hall–Kier alpha value is -2.28. The molecule has 1 aliphatic heterocycles. The van der Waals surface area contributed by atoms with Crippen LogP contribution in [-0.2, 0) is 13.0 Å². The van der Waals surface area contributed by atoms with Gasteiger partial charge < -0.3 is 0 Å². The van der Waals surface area contributed by atoms with E-state index in [4.69, 9.17) is 0 Å². The van der Waals surface area contributed by atoms with E-state index in [2.05, 4.69) is 51.6 Å². The van der Waals surface area contributed by atoms with Crippen molar-refractivity contribution in [3.8, 4) is 0 Å². The maximum Gasteiger partial charge on any atom is 0.267 e. The normalized spacial score (nSPS) is 14.5. The molecule has 0 saturated heterocycles. The van der Waals surface area contributed by atoms with Crippen LogP contribution in [0.1, 0.15) is 25.8 Å². The second-order valence-electron chi connectivity index (χ2n) is 6.12. The van der Waals surface area contributed by atoms with E-state index in [0.29, 0.717) is 10.0 Å². The number of carbonyl (C=O) groups is 1. The number of thiazole rings is 1. The van der Waals surface area contributed by atoms with Gasteiger partial charge in [-0.1, -0.05) is 48.6 Å². The van der Waals surface area contributed by atoms with Crippen LogP contribution in [0, 0.1) is 0 Å². The fourth-order valence-electron chi connectivity index (χ4n) is 2.93. The van der Waals surface area contributed by atoms with Gasteiger partial charge in [-0.25, -0.2) is 4.98 Å². The van der Waals surface area contributed by atoms with E-state index in [1.165, 1.54) is 21.8 Å². The summed E-state index contributed by atoms with van der Waals surface area (Å²) in [5.74, 6) is -0.0752. The van der Waals surface area contributed by atoms with Crippen LogP contribution in [0.15, 0.2) is 53.9 Å². The molecule has 0 radical (unpaired) electrons. The third-order valence-electron chi connectivity index (χ3n) is 4.25. The first-order valence-electron chi connectivity index (χ1n) is 8.55. The summed E-state index contributed by atoms with van der Waals surface area (Å²) in [6.07, 6.45) is 5.30. The van der Waals surface area contributed by atoms with Crippen molar-refractivity contribution in [1.29, 1.82) is 0 Å². The second kappa shape index (κ2) is 7.95. The number of hydrogen-bond acceptors (Lipinski definition) is 5. The van der Waals surface area contributed by atoms with E-state index in [-0.39, 0.29) is 5.91 Å². The Bertz CT molecular complexity index is 901. The predicted octanol–water partition coefficient (Wildman–Crippen LogP) is 4.53. The molecular formula is C20H19N3OS2. The Kier molecular flexibility index (Phi) is 5.24. The lowest BCUT2D eigenvalue weighted by Crippen LogP contribution is -2.29. The Labute approximate surface area is 160 Å². The van der Waals surface area contributed by atoms with Crippen molar-refractivity contribution in [2.24, 2.45) is 0 Å². The van der Waals surface area contributed by atoms with Crippen LogP contribution in [0.4, 0.5) is 5.13 Å². The van der Waals surface area contributed by atoms with Crippen molar-refractivity contribution >= 4 is 39.8 Å². The molecule has 26 heavy (non-hydrogen) atoms. The van der Waals surface area contributed by atoms with Crippen LogP contribution in [0.25, 0.3) is 6.08 Å². The van der Waals surface area contributed by atoms with Crippen molar-refractivity contribution in [2.45, 2.75) is 13.0 Å². The Morgan fingerprint density at radius 2 is 2.12 bits per heavy atom. The SMILES string of the molecule is O=C(Nc1nc2c(s1)CN(C/C=C/c1ccccc1)CC2)c1cccs1. The summed E-state index contributed by atoms with van der Waals surface area (Å²) in [6.45, 7) is 2.80. The minimum absolute atomic E-state index is 0.0752. The van der Waals surface area contributed by atoms with Gasteiger partial charge >= 0.3 is 0 Å². The first-order valence-corrected chi connectivity index (χ1v) is 10.2. The molecule has 0 bridgehead atoms. The van der Waals surface area contributed by atoms with Gasteiger partial charge in [-0.05, 0) is 17.0 Å². The smallest absolute Gasteiger partial charge is 0.267 e. The molecule has 1 aromatic carbocycles. The quantitative estimate of drug-likeness (QED) is 0.706. The maximum absolute atomic E-state index is 12.2. The number of hydrogen-bond donors (Lipinski definition) is 1. The Morgan fingerprint density at radius 1 is 1.23 bits per heavy atom. The van der Waals surface area contributed by atoms with Gasteiger partial charge in [-0.15, -0.1) is 22.7 Å². The summed E-state index contributed by atoms with van der Waals surface area (Å²) >= 11 is 3.03. The first-order chi connectivity index (χ1) is 12.8. The topological polar surface area (TPSA) is 45.2 Å². The molecule has 0 atom stereocenters. The molecule has 2 aromatic heterocycles. The monoisotopic (exact) mass is 381 g/mol. The van der Waals surface area contributed by atoms with Crippen molar-refractivity contribution in [1.82, 2.24) is 9.88 Å². The van der Waals surface area contributed by atoms with E-state index in [0.717, 1.165) is 31.7 Å². The summed E-state index contributed by atoms with van der Waals surface area (Å²) in [5.41, 5.74) is 2.35. The minimum Gasteiger partial charge on any atom is -0.297 e. The molecule has 4 nitrogen and oxygen atoms in total. The minimum atomic E-state index is -0.0752. The van der Waals surface area contributed by atoms with Gasteiger partial charge in [0.2, 0.25) is 0 Å². The standard InChI is InChI=1S/C20H19N3OS2/c24-19(17-9-5-13-25-17)22-20-21-16-10-12-23(14-18(16)26-20)11-4-8-15-6-2-1-3-7-15/h1-9,13H,10-12,14H2,(H,21,22,24)/b8-4+. The number of nitrogens with zero attached hydrogens (tertiary/aromatic N) is 2. The van der Waals surface area contributed by atoms with Gasteiger partial charge in [0, 0.05) is 30.9 Å². The average molecular weight is 382 g/mol. The Balaban J connectivity index is 1.36. The van der Waals surface area contributed by atoms with E-state index in [1.54, 1.807) is 11.3 Å². The summed E-state index contributed by atoms with van der Waals surface area (Å²) in [5, 5.41) is 5.54. The first kappa shape index (κ1) is 17.1. The van der Waals surface area contributed by atoms with Gasteiger partial charge in [-0.2, -0.15) is 0 Å². The molecular weight excluding hydrogens is 362 g/mol. The molecule has 3 aromatic rings. The number of anilines is 1. The third-order valence-corrected chi connectivity index (χ3v) is 6.12. The molecule has 6 heteroatoms. The van der Waals surface area contributed by atoms with Gasteiger partial charge in [0.1, 0.15) is 0 Å². The number of benzene rings is 1. The largest absolute Gasteiger partial charge is 0.297 e. The van der Waals surface area contributed by atoms with Crippen LogP contribution >= 0.6 is 22.7 Å². The summed E-state index contributed by atoms with van der Waals surface area (Å²) in [6, 6.07) is 14.1. The average Bonchev–Trinajstić information content (AvgIpc) is 3.31. The number of carbonyl (C=O) groups excluding carboxylic acids is 1. The number of amides is 1. The van der Waals surface area contributed by atoms with E-state index in [9.17, 15) is 4.79 Å². The second-order valence-corrected chi connectivity index (χ2v) is 8.15. The molecule has 0 saturated carbocycles. The number of fused-ring (bicyclic) bond motifs is 1. The van der Waals surface area contributed by atoms with Crippen molar-refractivity contribution in [3.63, 3.8) is 0 Å². The summed E-state index contributed by atoms with van der Waals surface area (Å²) in [7, 11) is 0. The third kappa shape index (κ3) is 4.09. The molecule has 1 aliphatic rings. The van der Waals surface area contributed by atoms with Crippen LogP contribution < -0.4 is 5.32 Å². The molecule has 132 valence electrons. The molecule has 1 amide bonds. The molecule has 0 aliphatic carbocycles. The number of aromatic nitrogens is 1. The maximum atomic E-state index is 12.2. The summed E-state index contributed by atoms with van der Waals surface area (Å²) in [4.78, 5) is 21.2. The van der Waals surface area contributed by atoms with Gasteiger partial charge in [-0.3, -0.25) is 15.0 Å². The molecule has 4 rings (SSSR count).